The lowest BCUT2D eigenvalue weighted by Crippen LogP contribution is -2.66. The fraction of sp³-hybridized carbons (Fsp3) is 0.884. The quantitative estimate of drug-likeness (QED) is 0.0145. The van der Waals surface area contributed by atoms with Crippen LogP contribution in [-0.2, 0) is 75.2 Å². The Morgan fingerprint density at radius 2 is 0.847 bits per heavy atom. The molecule has 3 fully saturated rings. The standard InChI is InChI=1S/C69H125N2O26P/c1-4-6-8-10-12-14-16-18-20-22-24-26-28-30-32-39-56(77)89-48-50(92-57(78)40-33-31-29-27-25-23-21-19-17-15-13-11-9-7-5-2)49-91-98(86,87-3)90-44-42-71-55(76)38-35-34-37-54(75)70-41-36-43-88-67-63(84)60(81)65(52(46-73)94-67)97-69-64(85)61(82)66(53(47-74)95-69)96-68-62(83)59(80)58(79)51(45-72)93-68/h18-21,50-53,58-69,72-74,79-85H,4-17,22-49H2,1-3H3,(H,70,75)(H,71,76)/b20-18+,21-19-/t50-,51?,52?,53?,58+,59+,60-,61-,62?,63?,64?,65-,66+,67-,68-,69+,98?/m1/s1. The molecule has 2 amide bonds. The lowest BCUT2D eigenvalue weighted by molar-refractivity contribution is -0.379. The van der Waals surface area contributed by atoms with Crippen LogP contribution in [-0.4, -0.2) is 239 Å². The van der Waals surface area contributed by atoms with Crippen LogP contribution in [0.5, 0.6) is 0 Å². The van der Waals surface area contributed by atoms with E-state index in [2.05, 4.69) is 48.8 Å². The largest absolute Gasteiger partial charge is 0.474 e. The normalized spacial score (nSPS) is 26.9. The Kier molecular flexibility index (Phi) is 49.5. The predicted molar refractivity (Wildman–Crippen MR) is 360 cm³/mol. The molecule has 0 aromatic carbocycles. The molecule has 28 nitrogen and oxygen atoms in total. The van der Waals surface area contributed by atoms with Gasteiger partial charge in [0.2, 0.25) is 11.8 Å². The van der Waals surface area contributed by atoms with E-state index >= 15 is 0 Å². The molecule has 0 aliphatic carbocycles. The number of allylic oxidation sites excluding steroid dienone is 4. The maximum atomic E-state index is 13.5. The van der Waals surface area contributed by atoms with Crippen molar-refractivity contribution in [2.75, 3.05) is 66.4 Å². The first-order valence-corrected chi connectivity index (χ1v) is 37.9. The molecule has 3 saturated heterocycles. The number of phosphoric acid groups is 1. The first-order valence-electron chi connectivity index (χ1n) is 36.5. The zero-order chi connectivity index (χ0) is 71.8. The lowest BCUT2D eigenvalue weighted by Gasteiger charge is -2.48. The molecule has 3 heterocycles. The first kappa shape index (κ1) is 89.0. The van der Waals surface area contributed by atoms with Gasteiger partial charge in [-0.25, -0.2) is 4.57 Å². The highest BCUT2D eigenvalue weighted by Crippen LogP contribution is 2.48. The van der Waals surface area contributed by atoms with Crippen molar-refractivity contribution in [3.63, 3.8) is 0 Å². The monoisotopic (exact) mass is 1430 g/mol. The van der Waals surface area contributed by atoms with Gasteiger partial charge in [0.05, 0.1) is 39.6 Å². The van der Waals surface area contributed by atoms with Crippen molar-refractivity contribution >= 4 is 31.6 Å². The minimum absolute atomic E-state index is 0.0637. The minimum Gasteiger partial charge on any atom is -0.462 e. The highest BCUT2D eigenvalue weighted by atomic mass is 31.2. The molecule has 3 rings (SSSR count). The van der Waals surface area contributed by atoms with E-state index in [4.69, 9.17) is 51.5 Å². The van der Waals surface area contributed by atoms with Crippen LogP contribution in [0.1, 0.15) is 226 Å². The summed E-state index contributed by atoms with van der Waals surface area (Å²) in [4.78, 5) is 51.1. The van der Waals surface area contributed by atoms with Gasteiger partial charge in [0.1, 0.15) is 79.9 Å². The molecule has 0 aromatic heterocycles. The Bertz CT molecular complexity index is 2180. The van der Waals surface area contributed by atoms with Crippen molar-refractivity contribution < 1.29 is 126 Å². The summed E-state index contributed by atoms with van der Waals surface area (Å²) in [5, 5.41) is 110. The number of aliphatic hydroxyl groups is 10. The molecule has 3 aliphatic heterocycles. The zero-order valence-corrected chi connectivity index (χ0v) is 59.6. The second-order valence-electron chi connectivity index (χ2n) is 25.7. The number of hydrogen-bond donors (Lipinski definition) is 12. The van der Waals surface area contributed by atoms with Gasteiger partial charge in [0.15, 0.2) is 25.0 Å². The van der Waals surface area contributed by atoms with Crippen LogP contribution in [0.4, 0.5) is 0 Å². The van der Waals surface area contributed by atoms with Crippen molar-refractivity contribution in [2.24, 2.45) is 0 Å². The van der Waals surface area contributed by atoms with Crippen LogP contribution in [0.3, 0.4) is 0 Å². The molecule has 0 bridgehead atoms. The van der Waals surface area contributed by atoms with Crippen LogP contribution < -0.4 is 10.6 Å². The number of aliphatic hydroxyl groups excluding tert-OH is 10. The third kappa shape index (κ3) is 36.8. The van der Waals surface area contributed by atoms with Gasteiger partial charge in [0, 0.05) is 45.9 Å². The van der Waals surface area contributed by atoms with Gasteiger partial charge < -0.3 is 99.6 Å². The van der Waals surface area contributed by atoms with Gasteiger partial charge in [-0.1, -0.05) is 141 Å². The molecule has 7 unspecified atom stereocenters. The molecular weight excluding hydrogens is 1300 g/mol. The molecule has 17 atom stereocenters. The number of esters is 2. The number of hydrogen-bond acceptors (Lipinski definition) is 26. The molecule has 29 heteroatoms. The van der Waals surface area contributed by atoms with Crippen LogP contribution >= 0.6 is 7.82 Å². The van der Waals surface area contributed by atoms with Crippen LogP contribution in [0.15, 0.2) is 24.3 Å². The third-order valence-electron chi connectivity index (χ3n) is 17.4. The van der Waals surface area contributed by atoms with E-state index in [0.29, 0.717) is 25.7 Å². The van der Waals surface area contributed by atoms with E-state index in [1.165, 1.54) is 77.0 Å². The van der Waals surface area contributed by atoms with E-state index in [9.17, 15) is 74.8 Å². The van der Waals surface area contributed by atoms with Crippen molar-refractivity contribution in [2.45, 2.75) is 324 Å². The summed E-state index contributed by atoms with van der Waals surface area (Å²) in [6.07, 6.45) is 13.1. The Balaban J connectivity index is 1.33. The Labute approximate surface area is 581 Å². The molecule has 12 N–H and O–H groups in total. The van der Waals surface area contributed by atoms with E-state index in [0.717, 1.165) is 84.2 Å². The number of ether oxygens (including phenoxy) is 8. The van der Waals surface area contributed by atoms with Gasteiger partial charge in [-0.2, -0.15) is 0 Å². The molecule has 0 radical (unpaired) electrons. The van der Waals surface area contributed by atoms with Gasteiger partial charge in [0.25, 0.3) is 0 Å². The molecule has 572 valence electrons. The number of amides is 2. The smallest absolute Gasteiger partial charge is 0.462 e. The second-order valence-corrected chi connectivity index (χ2v) is 27.4. The Morgan fingerprint density at radius 3 is 1.33 bits per heavy atom. The number of carbonyl (C=O) groups is 4. The Hall–Kier alpha value is -3.17. The summed E-state index contributed by atoms with van der Waals surface area (Å²) in [6.45, 7) is 0.948. The molecular formula is C69H125N2O26P. The van der Waals surface area contributed by atoms with E-state index in [1.54, 1.807) is 0 Å². The predicted octanol–water partition coefficient (Wildman–Crippen LogP) is 5.95. The summed E-state index contributed by atoms with van der Waals surface area (Å²) in [5.74, 6) is -1.62. The number of phosphoric ester groups is 1. The van der Waals surface area contributed by atoms with Crippen molar-refractivity contribution in [1.29, 1.82) is 0 Å². The maximum Gasteiger partial charge on any atom is 0.474 e. The minimum atomic E-state index is -4.23. The summed E-state index contributed by atoms with van der Waals surface area (Å²) in [5.41, 5.74) is 0. The number of nitrogens with one attached hydrogen (secondary N) is 2. The van der Waals surface area contributed by atoms with Crippen LogP contribution in [0.2, 0.25) is 0 Å². The second kappa shape index (κ2) is 54.5. The van der Waals surface area contributed by atoms with Crippen LogP contribution in [0, 0.1) is 0 Å². The maximum absolute atomic E-state index is 13.5. The lowest BCUT2D eigenvalue weighted by atomic mass is 9.96. The first-order chi connectivity index (χ1) is 47.4. The number of unbranched alkanes of at least 4 members (excludes halogenated alkanes) is 23. The molecule has 0 saturated carbocycles. The van der Waals surface area contributed by atoms with Gasteiger partial charge in [-0.15, -0.1) is 0 Å². The average molecular weight is 1430 g/mol. The molecule has 98 heavy (non-hydrogen) atoms. The highest BCUT2D eigenvalue weighted by molar-refractivity contribution is 7.48. The molecule has 0 spiro atoms. The summed E-state index contributed by atoms with van der Waals surface area (Å²) < 4.78 is 74.2. The fourth-order valence-corrected chi connectivity index (χ4v) is 12.3. The SMILES string of the molecule is CCCCCCCC/C=C\CCCCCCCC(=O)O[C@H](COC(=O)CCCCCCC/C=C/CCCCCCCC)COP(=O)(OC)OCCNC(=O)CCCCC(=O)NCCCO[C@@H]1OC(CO)[C@@H](O[C@@H]2OC(CO)[C@H](O[C@H]3OC(CO)[C@H](O)[C@H](O)C3O)[C@H](O)C2O)[C@H](O)C1O. The summed E-state index contributed by atoms with van der Waals surface area (Å²) >= 11 is 0. The number of carbonyl (C=O) groups excluding carboxylic acids is 4. The van der Waals surface area contributed by atoms with Gasteiger partial charge in [-0.3, -0.25) is 32.7 Å². The molecule has 0 aromatic rings. The fourth-order valence-electron chi connectivity index (χ4n) is 11.4. The highest BCUT2D eigenvalue weighted by Gasteiger charge is 2.53. The van der Waals surface area contributed by atoms with Gasteiger partial charge >= 0.3 is 19.8 Å². The van der Waals surface area contributed by atoms with Crippen molar-refractivity contribution in [3.05, 3.63) is 24.3 Å². The summed E-state index contributed by atoms with van der Waals surface area (Å²) in [6, 6.07) is 0. The van der Waals surface area contributed by atoms with Crippen molar-refractivity contribution in [1.82, 2.24) is 10.6 Å². The number of rotatable bonds is 58. The van der Waals surface area contributed by atoms with E-state index in [-0.39, 0.29) is 76.8 Å². The van der Waals surface area contributed by atoms with Crippen LogP contribution in [0.25, 0.3) is 0 Å². The molecule has 3 aliphatic rings. The summed E-state index contributed by atoms with van der Waals surface area (Å²) in [7, 11) is -3.10. The topological polar surface area (TPSA) is 413 Å². The average Bonchev–Trinajstić information content (AvgIpc) is 0.780. The van der Waals surface area contributed by atoms with E-state index < -0.39 is 144 Å². The van der Waals surface area contributed by atoms with E-state index in [1.807, 2.05) is 0 Å². The third-order valence-corrected chi connectivity index (χ3v) is 18.8. The van der Waals surface area contributed by atoms with Gasteiger partial charge in [-0.05, 0) is 83.5 Å². The van der Waals surface area contributed by atoms with Crippen molar-refractivity contribution in [3.8, 4) is 0 Å². The Morgan fingerprint density at radius 1 is 0.439 bits per heavy atom. The zero-order valence-electron chi connectivity index (χ0n) is 58.7.